The van der Waals surface area contributed by atoms with Crippen molar-refractivity contribution in [2.24, 2.45) is 4.99 Å². The van der Waals surface area contributed by atoms with Crippen LogP contribution in [0.1, 0.15) is 11.1 Å². The highest BCUT2D eigenvalue weighted by molar-refractivity contribution is 9.10. The molecular weight excluding hydrogens is 380 g/mol. The Labute approximate surface area is 144 Å². The Morgan fingerprint density at radius 2 is 1.96 bits per heavy atom. The second-order valence-electron chi connectivity index (χ2n) is 4.79. The second kappa shape index (κ2) is 6.25. The van der Waals surface area contributed by atoms with E-state index in [2.05, 4.69) is 20.9 Å². The van der Waals surface area contributed by atoms with Crippen molar-refractivity contribution in [2.75, 3.05) is 0 Å². The zero-order chi connectivity index (χ0) is 17.3. The van der Waals surface area contributed by atoms with Gasteiger partial charge in [-0.15, -0.1) is 0 Å². The van der Waals surface area contributed by atoms with Crippen LogP contribution >= 0.6 is 15.9 Å². The van der Waals surface area contributed by atoms with Crippen molar-refractivity contribution in [3.05, 3.63) is 73.9 Å². The van der Waals surface area contributed by atoms with E-state index in [1.807, 2.05) is 6.07 Å². The van der Waals surface area contributed by atoms with Crippen molar-refractivity contribution >= 4 is 39.6 Å². The molecule has 0 atom stereocenters. The molecule has 3 rings (SSSR count). The number of cyclic esters (lactones) is 1. The van der Waals surface area contributed by atoms with Gasteiger partial charge < -0.3 is 9.84 Å². The highest BCUT2D eigenvalue weighted by Crippen LogP contribution is 2.32. The summed E-state index contributed by atoms with van der Waals surface area (Å²) in [6.45, 7) is 0. The number of nitrogens with zero attached hydrogens (tertiary/aromatic N) is 2. The standard InChI is InChI=1S/C16H9BrN2O5/c17-11-6-2-1-5-10(11)15-18-12(16(21)24-15)8-9-4-3-7-13(14(9)20)19(22)23/h1-8,20H/b12-8+. The number of carbonyl (C=O) groups is 1. The van der Waals surface area contributed by atoms with Crippen molar-refractivity contribution in [3.8, 4) is 5.75 Å². The number of benzene rings is 2. The maximum atomic E-state index is 12.0. The number of halogens is 1. The summed E-state index contributed by atoms with van der Waals surface area (Å²) in [6, 6.07) is 11.1. The van der Waals surface area contributed by atoms with Gasteiger partial charge >= 0.3 is 11.7 Å². The van der Waals surface area contributed by atoms with Crippen LogP contribution in [0, 0.1) is 10.1 Å². The number of aromatic hydroxyl groups is 1. The lowest BCUT2D eigenvalue weighted by Gasteiger charge is -2.01. The fraction of sp³-hybridized carbons (Fsp3) is 0. The number of phenols is 1. The molecule has 8 heteroatoms. The van der Waals surface area contributed by atoms with E-state index in [4.69, 9.17) is 4.74 Å². The van der Waals surface area contributed by atoms with Crippen LogP contribution in [0.5, 0.6) is 5.75 Å². The third-order valence-electron chi connectivity index (χ3n) is 3.26. The summed E-state index contributed by atoms with van der Waals surface area (Å²) in [5.74, 6) is -1.12. The van der Waals surface area contributed by atoms with E-state index < -0.39 is 22.3 Å². The van der Waals surface area contributed by atoms with E-state index in [-0.39, 0.29) is 17.2 Å². The number of carbonyl (C=O) groups excluding carboxylic acids is 1. The molecule has 0 aliphatic carbocycles. The molecule has 7 nitrogen and oxygen atoms in total. The largest absolute Gasteiger partial charge is 0.502 e. The predicted molar refractivity (Wildman–Crippen MR) is 89.5 cm³/mol. The quantitative estimate of drug-likeness (QED) is 0.375. The highest BCUT2D eigenvalue weighted by atomic mass is 79.9. The van der Waals surface area contributed by atoms with Gasteiger partial charge in [0.15, 0.2) is 5.70 Å². The average molecular weight is 389 g/mol. The number of ether oxygens (including phenoxy) is 1. The van der Waals surface area contributed by atoms with Gasteiger partial charge in [0.25, 0.3) is 0 Å². The van der Waals surface area contributed by atoms with Crippen LogP contribution < -0.4 is 0 Å². The molecule has 1 N–H and O–H groups in total. The molecule has 120 valence electrons. The molecule has 0 saturated heterocycles. The van der Waals surface area contributed by atoms with Crippen LogP contribution in [-0.4, -0.2) is 21.9 Å². The van der Waals surface area contributed by atoms with Crippen molar-refractivity contribution in [1.82, 2.24) is 0 Å². The van der Waals surface area contributed by atoms with Crippen LogP contribution in [0.2, 0.25) is 0 Å². The lowest BCUT2D eigenvalue weighted by atomic mass is 10.1. The van der Waals surface area contributed by atoms with Crippen molar-refractivity contribution in [1.29, 1.82) is 0 Å². The van der Waals surface area contributed by atoms with E-state index >= 15 is 0 Å². The number of phenolic OH excluding ortho intramolecular Hbond substituents is 1. The fourth-order valence-corrected chi connectivity index (χ4v) is 2.57. The Balaban J connectivity index is 2.03. The van der Waals surface area contributed by atoms with Gasteiger partial charge in [0.2, 0.25) is 11.6 Å². The van der Waals surface area contributed by atoms with Crippen LogP contribution in [0.15, 0.2) is 57.6 Å². The minimum absolute atomic E-state index is 0.0587. The summed E-state index contributed by atoms with van der Waals surface area (Å²) in [4.78, 5) is 26.2. The Morgan fingerprint density at radius 3 is 2.67 bits per heavy atom. The van der Waals surface area contributed by atoms with E-state index in [1.54, 1.807) is 18.2 Å². The molecule has 1 heterocycles. The summed E-state index contributed by atoms with van der Waals surface area (Å²) >= 11 is 3.34. The second-order valence-corrected chi connectivity index (χ2v) is 5.64. The topological polar surface area (TPSA) is 102 Å². The minimum Gasteiger partial charge on any atom is -0.502 e. The smallest absolute Gasteiger partial charge is 0.363 e. The van der Waals surface area contributed by atoms with Crippen LogP contribution in [0.3, 0.4) is 0 Å². The molecule has 2 aromatic rings. The Bertz CT molecular complexity index is 920. The number of esters is 1. The van der Waals surface area contributed by atoms with E-state index in [1.165, 1.54) is 24.3 Å². The Morgan fingerprint density at radius 1 is 1.21 bits per heavy atom. The molecule has 0 aromatic heterocycles. The number of para-hydroxylation sites is 1. The maximum absolute atomic E-state index is 12.0. The van der Waals surface area contributed by atoms with Gasteiger partial charge in [-0.25, -0.2) is 9.79 Å². The lowest BCUT2D eigenvalue weighted by Crippen LogP contribution is -2.05. The average Bonchev–Trinajstić information content (AvgIpc) is 2.90. The van der Waals surface area contributed by atoms with E-state index in [0.29, 0.717) is 10.0 Å². The maximum Gasteiger partial charge on any atom is 0.363 e. The molecule has 0 radical (unpaired) electrons. The summed E-state index contributed by atoms with van der Waals surface area (Å²) < 4.78 is 5.83. The summed E-state index contributed by atoms with van der Waals surface area (Å²) in [7, 11) is 0. The lowest BCUT2D eigenvalue weighted by molar-refractivity contribution is -0.385. The minimum atomic E-state index is -0.708. The molecule has 0 saturated carbocycles. The molecule has 0 fully saturated rings. The molecular formula is C16H9BrN2O5. The zero-order valence-corrected chi connectivity index (χ0v) is 13.6. The summed E-state index contributed by atoms with van der Waals surface area (Å²) in [6.07, 6.45) is 1.24. The first kappa shape index (κ1) is 15.9. The van der Waals surface area contributed by atoms with Crippen molar-refractivity contribution in [3.63, 3.8) is 0 Å². The number of rotatable bonds is 3. The monoisotopic (exact) mass is 388 g/mol. The van der Waals surface area contributed by atoms with E-state index in [9.17, 15) is 20.0 Å². The molecule has 24 heavy (non-hydrogen) atoms. The van der Waals surface area contributed by atoms with Crippen molar-refractivity contribution in [2.45, 2.75) is 0 Å². The highest BCUT2D eigenvalue weighted by Gasteiger charge is 2.26. The van der Waals surface area contributed by atoms with Gasteiger partial charge in [-0.2, -0.15) is 0 Å². The molecule has 0 bridgehead atoms. The summed E-state index contributed by atoms with van der Waals surface area (Å²) in [5.41, 5.74) is 0.188. The van der Waals surface area contributed by atoms with Gasteiger partial charge in [-0.3, -0.25) is 10.1 Å². The first-order valence-electron chi connectivity index (χ1n) is 6.71. The fourth-order valence-electron chi connectivity index (χ4n) is 2.12. The normalized spacial score (nSPS) is 15.3. The number of hydrogen-bond donors (Lipinski definition) is 1. The molecule has 1 aliphatic rings. The third-order valence-corrected chi connectivity index (χ3v) is 3.95. The summed E-state index contributed by atoms with van der Waals surface area (Å²) in [5, 5.41) is 20.8. The van der Waals surface area contributed by atoms with Gasteiger partial charge in [0.1, 0.15) is 0 Å². The predicted octanol–water partition coefficient (Wildman–Crippen LogP) is 3.41. The first-order chi connectivity index (χ1) is 11.5. The van der Waals surface area contributed by atoms with E-state index in [0.717, 1.165) is 0 Å². The zero-order valence-electron chi connectivity index (χ0n) is 12.0. The molecule has 2 aromatic carbocycles. The number of hydrogen-bond acceptors (Lipinski definition) is 6. The van der Waals surface area contributed by atoms with Gasteiger partial charge in [0.05, 0.1) is 10.5 Å². The SMILES string of the molecule is O=C1OC(c2ccccc2Br)=N/C1=C/c1cccc([N+](=O)[O-])c1O. The first-order valence-corrected chi connectivity index (χ1v) is 7.50. The molecule has 1 aliphatic heterocycles. The molecule has 0 unspecified atom stereocenters. The van der Waals surface area contributed by atoms with Gasteiger partial charge in [-0.05, 0) is 34.1 Å². The number of nitro benzene ring substituents is 1. The van der Waals surface area contributed by atoms with Crippen LogP contribution in [-0.2, 0) is 9.53 Å². The number of aliphatic imine (C=N–C) groups is 1. The van der Waals surface area contributed by atoms with Crippen molar-refractivity contribution < 1.29 is 19.6 Å². The van der Waals surface area contributed by atoms with Crippen LogP contribution in [0.4, 0.5) is 5.69 Å². The van der Waals surface area contributed by atoms with Gasteiger partial charge in [-0.1, -0.05) is 24.3 Å². The molecule has 0 spiro atoms. The van der Waals surface area contributed by atoms with Gasteiger partial charge in [0, 0.05) is 16.1 Å². The third kappa shape index (κ3) is 2.91. The van der Waals surface area contributed by atoms with Crippen LogP contribution in [0.25, 0.3) is 6.08 Å². The Hall–Kier alpha value is -3.00. The number of nitro groups is 1. The molecule has 0 amide bonds. The Kier molecular flexibility index (Phi) is 4.13.